The molecule has 2 rings (SSSR count). The molecule has 16 heavy (non-hydrogen) atoms. The van der Waals surface area contributed by atoms with Crippen LogP contribution in [0.15, 0.2) is 0 Å². The molecule has 0 N–H and O–H groups in total. The fourth-order valence-corrected chi connectivity index (χ4v) is 2.88. The van der Waals surface area contributed by atoms with Gasteiger partial charge in [0.05, 0.1) is 0 Å². The Morgan fingerprint density at radius 2 is 2.19 bits per heavy atom. The Bertz CT molecular complexity index is 330. The summed E-state index contributed by atoms with van der Waals surface area (Å²) in [6.07, 6.45) is 1.18. The minimum atomic E-state index is 0.720. The van der Waals surface area contributed by atoms with Gasteiger partial charge in [-0.1, -0.05) is 0 Å². The van der Waals surface area contributed by atoms with Crippen LogP contribution in [0.5, 0.6) is 0 Å². The number of alkyl halides is 1. The highest BCUT2D eigenvalue weighted by molar-refractivity contribution is 7.09. The van der Waals surface area contributed by atoms with E-state index in [1.807, 2.05) is 6.92 Å². The molecule has 1 aromatic rings. The third kappa shape index (κ3) is 3.06. The molecule has 0 amide bonds. The fourth-order valence-electron chi connectivity index (χ4n) is 1.92. The van der Waals surface area contributed by atoms with Gasteiger partial charge in [0, 0.05) is 43.6 Å². The normalized spacial score (nSPS) is 18.8. The van der Waals surface area contributed by atoms with Crippen LogP contribution in [0.3, 0.4) is 0 Å². The summed E-state index contributed by atoms with van der Waals surface area (Å²) < 4.78 is 4.23. The molecule has 1 fully saturated rings. The monoisotopic (exact) mass is 260 g/mol. The summed E-state index contributed by atoms with van der Waals surface area (Å²) in [5, 5.41) is 1.06. The minimum Gasteiger partial charge on any atom is -0.346 e. The van der Waals surface area contributed by atoms with Crippen LogP contribution in [0.2, 0.25) is 0 Å². The number of aryl methyl sites for hydroxylation is 1. The Labute approximate surface area is 105 Å². The number of hydrogen-bond donors (Lipinski definition) is 0. The number of anilines is 1. The van der Waals surface area contributed by atoms with Gasteiger partial charge in [0.1, 0.15) is 5.82 Å². The van der Waals surface area contributed by atoms with Crippen LogP contribution in [-0.2, 0) is 0 Å². The quantitative estimate of drug-likeness (QED) is 0.773. The predicted octanol–water partition coefficient (Wildman–Crippen LogP) is 1.60. The van der Waals surface area contributed by atoms with Crippen LogP contribution in [0.1, 0.15) is 12.2 Å². The largest absolute Gasteiger partial charge is 0.346 e. The summed E-state index contributed by atoms with van der Waals surface area (Å²) in [5.74, 6) is 1.60. The SMILES string of the molecule is Cc1nsc(N2CCCN(CCCl)CC2)n1. The van der Waals surface area contributed by atoms with Crippen molar-refractivity contribution in [2.24, 2.45) is 0 Å². The number of aromatic nitrogens is 2. The summed E-state index contributed by atoms with van der Waals surface area (Å²) in [5.41, 5.74) is 0. The first-order chi connectivity index (χ1) is 7.79. The molecule has 0 saturated carbocycles. The van der Waals surface area contributed by atoms with Crippen LogP contribution >= 0.6 is 23.1 Å². The van der Waals surface area contributed by atoms with E-state index in [0.717, 1.165) is 49.6 Å². The first-order valence-corrected chi connectivity index (χ1v) is 6.94. The fraction of sp³-hybridized carbons (Fsp3) is 0.800. The first-order valence-electron chi connectivity index (χ1n) is 5.63. The molecule has 0 aromatic carbocycles. The molecule has 0 atom stereocenters. The zero-order valence-corrected chi connectivity index (χ0v) is 11.1. The number of rotatable bonds is 3. The van der Waals surface area contributed by atoms with E-state index in [-0.39, 0.29) is 0 Å². The molecule has 1 aliphatic rings. The maximum atomic E-state index is 5.77. The van der Waals surface area contributed by atoms with E-state index >= 15 is 0 Å². The predicted molar refractivity (Wildman–Crippen MR) is 68.6 cm³/mol. The van der Waals surface area contributed by atoms with E-state index in [4.69, 9.17) is 11.6 Å². The molecule has 2 heterocycles. The van der Waals surface area contributed by atoms with Gasteiger partial charge in [0.25, 0.3) is 0 Å². The van der Waals surface area contributed by atoms with Crippen LogP contribution in [0.4, 0.5) is 5.13 Å². The Morgan fingerprint density at radius 1 is 1.31 bits per heavy atom. The van der Waals surface area contributed by atoms with Crippen LogP contribution in [0.25, 0.3) is 0 Å². The van der Waals surface area contributed by atoms with Gasteiger partial charge in [-0.05, 0) is 19.9 Å². The average Bonchev–Trinajstić information content (AvgIpc) is 2.57. The minimum absolute atomic E-state index is 0.720. The second-order valence-electron chi connectivity index (χ2n) is 4.00. The van der Waals surface area contributed by atoms with Gasteiger partial charge in [-0.3, -0.25) is 0 Å². The second-order valence-corrected chi connectivity index (χ2v) is 5.10. The highest BCUT2D eigenvalue weighted by Gasteiger charge is 2.16. The Balaban J connectivity index is 1.93. The Kier molecular flexibility index (Phi) is 4.37. The van der Waals surface area contributed by atoms with Crippen molar-refractivity contribution in [2.75, 3.05) is 43.5 Å². The summed E-state index contributed by atoms with van der Waals surface area (Å²) in [6.45, 7) is 7.26. The van der Waals surface area contributed by atoms with E-state index in [1.54, 1.807) is 0 Å². The van der Waals surface area contributed by atoms with Crippen molar-refractivity contribution in [2.45, 2.75) is 13.3 Å². The second kappa shape index (κ2) is 5.80. The smallest absolute Gasteiger partial charge is 0.205 e. The number of hydrogen-bond acceptors (Lipinski definition) is 5. The average molecular weight is 261 g/mol. The lowest BCUT2D eigenvalue weighted by Crippen LogP contribution is -2.31. The summed E-state index contributed by atoms with van der Waals surface area (Å²) in [4.78, 5) is 9.19. The van der Waals surface area contributed by atoms with Crippen molar-refractivity contribution in [3.05, 3.63) is 5.82 Å². The molecule has 6 heteroatoms. The van der Waals surface area contributed by atoms with Crippen molar-refractivity contribution in [3.63, 3.8) is 0 Å². The highest BCUT2D eigenvalue weighted by Crippen LogP contribution is 2.18. The van der Waals surface area contributed by atoms with Gasteiger partial charge in [-0.25, -0.2) is 4.98 Å². The van der Waals surface area contributed by atoms with Crippen molar-refractivity contribution in [1.82, 2.24) is 14.3 Å². The number of halogens is 1. The molecular formula is C10H17ClN4S. The molecular weight excluding hydrogens is 244 g/mol. The van der Waals surface area contributed by atoms with Crippen molar-refractivity contribution >= 4 is 28.3 Å². The van der Waals surface area contributed by atoms with E-state index in [0.29, 0.717) is 0 Å². The van der Waals surface area contributed by atoms with Crippen LogP contribution in [0, 0.1) is 6.92 Å². The lowest BCUT2D eigenvalue weighted by molar-refractivity contribution is 0.311. The van der Waals surface area contributed by atoms with E-state index in [2.05, 4.69) is 19.2 Å². The molecule has 0 spiro atoms. The topological polar surface area (TPSA) is 32.3 Å². The third-order valence-electron chi connectivity index (χ3n) is 2.78. The van der Waals surface area contributed by atoms with Gasteiger partial charge in [-0.2, -0.15) is 4.37 Å². The maximum Gasteiger partial charge on any atom is 0.205 e. The van der Waals surface area contributed by atoms with Crippen LogP contribution < -0.4 is 4.90 Å². The summed E-state index contributed by atoms with van der Waals surface area (Å²) in [7, 11) is 0. The zero-order valence-electron chi connectivity index (χ0n) is 9.52. The molecule has 0 radical (unpaired) electrons. The van der Waals surface area contributed by atoms with Gasteiger partial charge < -0.3 is 9.80 Å². The molecule has 0 unspecified atom stereocenters. The number of nitrogens with zero attached hydrogens (tertiary/aromatic N) is 4. The van der Waals surface area contributed by atoms with Gasteiger partial charge in [0.2, 0.25) is 5.13 Å². The standard InChI is InChI=1S/C10H17ClN4S/c1-9-12-10(16-13-9)15-5-2-4-14(6-3-11)7-8-15/h2-8H2,1H3. The highest BCUT2D eigenvalue weighted by atomic mass is 35.5. The van der Waals surface area contributed by atoms with Crippen molar-refractivity contribution in [1.29, 1.82) is 0 Å². The van der Waals surface area contributed by atoms with Crippen LogP contribution in [-0.4, -0.2) is 52.9 Å². The molecule has 4 nitrogen and oxygen atoms in total. The van der Waals surface area contributed by atoms with Gasteiger partial charge >= 0.3 is 0 Å². The maximum absolute atomic E-state index is 5.77. The molecule has 90 valence electrons. The Hall–Kier alpha value is -0.390. The van der Waals surface area contributed by atoms with Crippen molar-refractivity contribution < 1.29 is 0 Å². The molecule has 1 aliphatic heterocycles. The zero-order chi connectivity index (χ0) is 11.4. The van der Waals surface area contributed by atoms with E-state index in [1.165, 1.54) is 18.0 Å². The first kappa shape index (κ1) is 12.1. The molecule has 1 aromatic heterocycles. The summed E-state index contributed by atoms with van der Waals surface area (Å²) in [6, 6.07) is 0. The third-order valence-corrected chi connectivity index (χ3v) is 3.81. The van der Waals surface area contributed by atoms with Gasteiger partial charge in [0.15, 0.2) is 0 Å². The lowest BCUT2D eigenvalue weighted by Gasteiger charge is -2.20. The molecule has 0 bridgehead atoms. The van der Waals surface area contributed by atoms with Gasteiger partial charge in [-0.15, -0.1) is 11.6 Å². The molecule has 1 saturated heterocycles. The van der Waals surface area contributed by atoms with E-state index in [9.17, 15) is 0 Å². The lowest BCUT2D eigenvalue weighted by atomic mass is 10.4. The van der Waals surface area contributed by atoms with E-state index < -0.39 is 0 Å². The molecule has 0 aliphatic carbocycles. The Morgan fingerprint density at radius 3 is 2.88 bits per heavy atom. The van der Waals surface area contributed by atoms with Crippen molar-refractivity contribution in [3.8, 4) is 0 Å². The summed E-state index contributed by atoms with van der Waals surface area (Å²) >= 11 is 7.27.